The molecule has 0 aliphatic carbocycles. The van der Waals surface area contributed by atoms with Crippen LogP contribution in [0.25, 0.3) is 22.3 Å². The minimum Gasteiger partial charge on any atom is -0.497 e. The number of ether oxygens (including phenoxy) is 1. The van der Waals surface area contributed by atoms with Gasteiger partial charge in [0.1, 0.15) is 11.6 Å². The van der Waals surface area contributed by atoms with Crippen LogP contribution < -0.4 is 10.1 Å². The molecule has 0 saturated carbocycles. The van der Waals surface area contributed by atoms with Crippen molar-refractivity contribution in [3.05, 3.63) is 65.5 Å². The van der Waals surface area contributed by atoms with Gasteiger partial charge in [-0.25, -0.2) is 4.98 Å². The van der Waals surface area contributed by atoms with Crippen LogP contribution in [0.2, 0.25) is 0 Å². The van der Waals surface area contributed by atoms with Crippen LogP contribution in [0.3, 0.4) is 0 Å². The molecule has 0 spiro atoms. The molecule has 0 unspecified atom stereocenters. The Morgan fingerprint density at radius 2 is 1.83 bits per heavy atom. The van der Waals surface area contributed by atoms with Gasteiger partial charge in [0.2, 0.25) is 11.7 Å². The molecule has 0 radical (unpaired) electrons. The van der Waals surface area contributed by atoms with Gasteiger partial charge in [0.25, 0.3) is 0 Å². The fourth-order valence-electron chi connectivity index (χ4n) is 3.11. The number of benzene rings is 2. The number of rotatable bonds is 6. The third-order valence-electron chi connectivity index (χ3n) is 4.77. The van der Waals surface area contributed by atoms with Crippen molar-refractivity contribution in [2.24, 2.45) is 0 Å². The van der Waals surface area contributed by atoms with Gasteiger partial charge in [0, 0.05) is 17.8 Å². The largest absolute Gasteiger partial charge is 0.497 e. The topological polar surface area (TPSA) is 73.1 Å². The van der Waals surface area contributed by atoms with Crippen LogP contribution in [0.5, 0.6) is 5.75 Å². The first-order chi connectivity index (χ1) is 14.0. The van der Waals surface area contributed by atoms with E-state index in [1.807, 2.05) is 44.2 Å². The highest BCUT2D eigenvalue weighted by atomic mass is 16.5. The number of nitrogens with one attached hydrogen (secondary N) is 1. The predicted octanol–water partition coefficient (Wildman–Crippen LogP) is 5.34. The average Bonchev–Trinajstić information content (AvgIpc) is 3.22. The zero-order valence-electron chi connectivity index (χ0n) is 17.1. The summed E-state index contributed by atoms with van der Waals surface area (Å²) in [6, 6.07) is 16.2. The highest BCUT2D eigenvalue weighted by molar-refractivity contribution is 5.88. The first-order valence-electron chi connectivity index (χ1n) is 9.65. The van der Waals surface area contributed by atoms with E-state index in [4.69, 9.17) is 14.2 Å². The molecule has 0 fully saturated rings. The molecule has 6 nitrogen and oxygen atoms in total. The molecule has 0 aliphatic rings. The summed E-state index contributed by atoms with van der Waals surface area (Å²) in [5.74, 6) is 2.89. The standard InChI is InChI=1S/C23H24N4O2/c1-14(2)23-26-22(27-29-23)19-12-17-11-15(3)5-10-20(17)25-21(19)24-13-16-6-8-18(28-4)9-7-16/h5-12,14H,13H2,1-4H3,(H,24,25). The van der Waals surface area contributed by atoms with E-state index in [1.54, 1.807) is 7.11 Å². The Morgan fingerprint density at radius 3 is 2.52 bits per heavy atom. The van der Waals surface area contributed by atoms with Gasteiger partial charge in [-0.2, -0.15) is 4.98 Å². The Kier molecular flexibility index (Phi) is 5.16. The Labute approximate surface area is 169 Å². The highest BCUT2D eigenvalue weighted by Crippen LogP contribution is 2.30. The van der Waals surface area contributed by atoms with E-state index in [1.165, 1.54) is 5.56 Å². The van der Waals surface area contributed by atoms with E-state index in [0.29, 0.717) is 18.3 Å². The Balaban J connectivity index is 1.72. The first kappa shape index (κ1) is 18.9. The summed E-state index contributed by atoms with van der Waals surface area (Å²) < 4.78 is 10.7. The average molecular weight is 388 g/mol. The number of hydrogen-bond donors (Lipinski definition) is 1. The number of aromatic nitrogens is 3. The molecule has 0 atom stereocenters. The highest BCUT2D eigenvalue weighted by Gasteiger charge is 2.17. The first-order valence-corrected chi connectivity index (χ1v) is 9.65. The van der Waals surface area contributed by atoms with Gasteiger partial charge in [0.15, 0.2) is 0 Å². The third-order valence-corrected chi connectivity index (χ3v) is 4.77. The number of methoxy groups -OCH3 is 1. The van der Waals surface area contributed by atoms with Crippen LogP contribution in [0.1, 0.15) is 36.8 Å². The van der Waals surface area contributed by atoms with Crippen molar-refractivity contribution < 1.29 is 9.26 Å². The molecule has 2 heterocycles. The number of aryl methyl sites for hydroxylation is 1. The molecule has 4 aromatic rings. The summed E-state index contributed by atoms with van der Waals surface area (Å²) in [5.41, 5.74) is 4.05. The van der Waals surface area contributed by atoms with Gasteiger partial charge in [-0.1, -0.05) is 42.8 Å². The number of hydrogen-bond acceptors (Lipinski definition) is 6. The molecule has 29 heavy (non-hydrogen) atoms. The Bertz CT molecular complexity index is 1130. The summed E-state index contributed by atoms with van der Waals surface area (Å²) in [5, 5.41) is 8.68. The lowest BCUT2D eigenvalue weighted by molar-refractivity contribution is 0.365. The Morgan fingerprint density at radius 1 is 1.03 bits per heavy atom. The minimum absolute atomic E-state index is 0.169. The summed E-state index contributed by atoms with van der Waals surface area (Å²) >= 11 is 0. The van der Waals surface area contributed by atoms with E-state index in [0.717, 1.165) is 33.6 Å². The monoisotopic (exact) mass is 388 g/mol. The summed E-state index contributed by atoms with van der Waals surface area (Å²) in [7, 11) is 1.66. The maximum atomic E-state index is 5.43. The number of pyridine rings is 1. The minimum atomic E-state index is 0.169. The SMILES string of the molecule is COc1ccc(CNc2nc3ccc(C)cc3cc2-c2noc(C(C)C)n2)cc1. The second kappa shape index (κ2) is 7.91. The fraction of sp³-hybridized carbons (Fsp3) is 0.261. The molecule has 2 aromatic carbocycles. The molecule has 1 N–H and O–H groups in total. The van der Waals surface area contributed by atoms with Gasteiger partial charge < -0.3 is 14.6 Å². The molecule has 2 aromatic heterocycles. The van der Waals surface area contributed by atoms with Gasteiger partial charge in [0.05, 0.1) is 18.2 Å². The fourth-order valence-corrected chi connectivity index (χ4v) is 3.11. The van der Waals surface area contributed by atoms with E-state index in [2.05, 4.69) is 40.6 Å². The lowest BCUT2D eigenvalue weighted by Gasteiger charge is -2.11. The van der Waals surface area contributed by atoms with Gasteiger partial charge in [-0.15, -0.1) is 0 Å². The van der Waals surface area contributed by atoms with Crippen LogP contribution in [0.15, 0.2) is 53.1 Å². The van der Waals surface area contributed by atoms with Gasteiger partial charge in [-0.05, 0) is 42.8 Å². The predicted molar refractivity (Wildman–Crippen MR) is 114 cm³/mol. The lowest BCUT2D eigenvalue weighted by atomic mass is 10.1. The second-order valence-corrected chi connectivity index (χ2v) is 7.39. The van der Waals surface area contributed by atoms with Crippen molar-refractivity contribution >= 4 is 16.7 Å². The lowest BCUT2D eigenvalue weighted by Crippen LogP contribution is -2.04. The maximum absolute atomic E-state index is 5.43. The molecule has 0 bridgehead atoms. The number of fused-ring (bicyclic) bond motifs is 1. The zero-order valence-corrected chi connectivity index (χ0v) is 17.1. The van der Waals surface area contributed by atoms with Crippen molar-refractivity contribution in [2.75, 3.05) is 12.4 Å². The van der Waals surface area contributed by atoms with Crippen LogP contribution in [-0.2, 0) is 6.54 Å². The maximum Gasteiger partial charge on any atom is 0.229 e. The van der Waals surface area contributed by atoms with Crippen molar-refractivity contribution in [3.63, 3.8) is 0 Å². The molecule has 4 rings (SSSR count). The molecule has 148 valence electrons. The number of nitrogens with zero attached hydrogens (tertiary/aromatic N) is 3. The van der Waals surface area contributed by atoms with Crippen LogP contribution in [0.4, 0.5) is 5.82 Å². The van der Waals surface area contributed by atoms with Crippen LogP contribution >= 0.6 is 0 Å². The van der Waals surface area contributed by atoms with Gasteiger partial charge in [-0.3, -0.25) is 0 Å². The van der Waals surface area contributed by atoms with Crippen LogP contribution in [-0.4, -0.2) is 22.2 Å². The summed E-state index contributed by atoms with van der Waals surface area (Å²) in [6.07, 6.45) is 0. The smallest absolute Gasteiger partial charge is 0.229 e. The number of anilines is 1. The molecule has 0 aliphatic heterocycles. The molecular weight excluding hydrogens is 364 g/mol. The van der Waals surface area contributed by atoms with Crippen molar-refractivity contribution in [3.8, 4) is 17.1 Å². The summed E-state index contributed by atoms with van der Waals surface area (Å²) in [4.78, 5) is 9.41. The second-order valence-electron chi connectivity index (χ2n) is 7.39. The molecule has 6 heteroatoms. The van der Waals surface area contributed by atoms with Crippen molar-refractivity contribution in [1.29, 1.82) is 0 Å². The summed E-state index contributed by atoms with van der Waals surface area (Å²) in [6.45, 7) is 6.75. The quantitative estimate of drug-likeness (QED) is 0.481. The normalized spacial score (nSPS) is 11.2. The van der Waals surface area contributed by atoms with E-state index >= 15 is 0 Å². The van der Waals surface area contributed by atoms with Crippen molar-refractivity contribution in [1.82, 2.24) is 15.1 Å². The van der Waals surface area contributed by atoms with E-state index < -0.39 is 0 Å². The van der Waals surface area contributed by atoms with Crippen molar-refractivity contribution in [2.45, 2.75) is 33.2 Å². The zero-order chi connectivity index (χ0) is 20.4. The van der Waals surface area contributed by atoms with E-state index in [-0.39, 0.29) is 5.92 Å². The van der Waals surface area contributed by atoms with Crippen LogP contribution in [0, 0.1) is 6.92 Å². The molecule has 0 saturated heterocycles. The molecule has 0 amide bonds. The third kappa shape index (κ3) is 4.06. The van der Waals surface area contributed by atoms with Gasteiger partial charge >= 0.3 is 0 Å². The Hall–Kier alpha value is -3.41. The van der Waals surface area contributed by atoms with E-state index in [9.17, 15) is 0 Å². The molecular formula is C23H24N4O2.